The van der Waals surface area contributed by atoms with Crippen LogP contribution in [0.25, 0.3) is 0 Å². The predicted molar refractivity (Wildman–Crippen MR) is 65.1 cm³/mol. The van der Waals surface area contributed by atoms with Gasteiger partial charge in [-0.1, -0.05) is 35.5 Å². The predicted octanol–water partition coefficient (Wildman–Crippen LogP) is 3.93. The van der Waals surface area contributed by atoms with Gasteiger partial charge >= 0.3 is 0 Å². The van der Waals surface area contributed by atoms with E-state index in [1.54, 1.807) is 30.3 Å². The molecular formula is C14H8F5NO. The van der Waals surface area contributed by atoms with E-state index in [-0.39, 0.29) is 0 Å². The zero-order valence-electron chi connectivity index (χ0n) is 10.4. The molecule has 0 heterocycles. The van der Waals surface area contributed by atoms with E-state index in [1.807, 2.05) is 0 Å². The van der Waals surface area contributed by atoms with Crippen molar-refractivity contribution in [1.82, 2.24) is 0 Å². The van der Waals surface area contributed by atoms with Gasteiger partial charge in [0.1, 0.15) is 6.61 Å². The standard InChI is InChI=1S/C14H8F5NO/c15-10-9(11(16)13(18)14(19)12(10)17)7-21-20-6-8-4-2-1-3-5-8/h1-6H,7H2/b20-6+. The topological polar surface area (TPSA) is 21.6 Å². The van der Waals surface area contributed by atoms with Crippen molar-refractivity contribution >= 4 is 6.21 Å². The summed E-state index contributed by atoms with van der Waals surface area (Å²) >= 11 is 0. The van der Waals surface area contributed by atoms with Crippen LogP contribution in [0.4, 0.5) is 22.0 Å². The molecule has 0 aromatic heterocycles. The molecule has 0 fully saturated rings. The number of rotatable bonds is 4. The molecule has 0 aliphatic heterocycles. The Morgan fingerprint density at radius 2 is 1.33 bits per heavy atom. The van der Waals surface area contributed by atoms with Crippen LogP contribution in [0.15, 0.2) is 35.5 Å². The van der Waals surface area contributed by atoms with Crippen molar-refractivity contribution in [3.63, 3.8) is 0 Å². The van der Waals surface area contributed by atoms with Crippen LogP contribution in [0.2, 0.25) is 0 Å². The molecule has 2 aromatic rings. The van der Waals surface area contributed by atoms with Crippen LogP contribution < -0.4 is 0 Å². The number of nitrogens with zero attached hydrogens (tertiary/aromatic N) is 1. The Hall–Kier alpha value is -2.44. The molecule has 21 heavy (non-hydrogen) atoms. The second-order valence-corrected chi connectivity index (χ2v) is 3.97. The van der Waals surface area contributed by atoms with E-state index >= 15 is 0 Å². The molecule has 0 radical (unpaired) electrons. The maximum absolute atomic E-state index is 13.3. The Morgan fingerprint density at radius 1 is 0.810 bits per heavy atom. The van der Waals surface area contributed by atoms with Gasteiger partial charge in [-0.2, -0.15) is 0 Å². The van der Waals surface area contributed by atoms with Gasteiger partial charge in [-0.25, -0.2) is 22.0 Å². The van der Waals surface area contributed by atoms with Crippen LogP contribution in [0, 0.1) is 29.1 Å². The summed E-state index contributed by atoms with van der Waals surface area (Å²) in [4.78, 5) is 4.57. The first-order valence-electron chi connectivity index (χ1n) is 5.73. The van der Waals surface area contributed by atoms with E-state index in [9.17, 15) is 22.0 Å². The zero-order chi connectivity index (χ0) is 15.4. The lowest BCUT2D eigenvalue weighted by molar-refractivity contribution is 0.124. The van der Waals surface area contributed by atoms with E-state index in [4.69, 9.17) is 0 Å². The Kier molecular flexibility index (Phi) is 4.52. The highest BCUT2D eigenvalue weighted by Crippen LogP contribution is 2.23. The van der Waals surface area contributed by atoms with Crippen molar-refractivity contribution in [2.24, 2.45) is 5.16 Å². The lowest BCUT2D eigenvalue weighted by Gasteiger charge is -2.06. The third-order valence-electron chi connectivity index (χ3n) is 2.59. The molecule has 2 rings (SSSR count). The lowest BCUT2D eigenvalue weighted by atomic mass is 10.2. The van der Waals surface area contributed by atoms with Gasteiger partial charge in [-0.3, -0.25) is 0 Å². The van der Waals surface area contributed by atoms with E-state index in [0.29, 0.717) is 5.56 Å². The highest BCUT2D eigenvalue weighted by atomic mass is 19.2. The van der Waals surface area contributed by atoms with Crippen LogP contribution in [0.3, 0.4) is 0 Å². The van der Waals surface area contributed by atoms with Crippen LogP contribution >= 0.6 is 0 Å². The summed E-state index contributed by atoms with van der Waals surface area (Å²) in [5, 5.41) is 3.40. The summed E-state index contributed by atoms with van der Waals surface area (Å²) in [6.45, 7) is -0.880. The van der Waals surface area contributed by atoms with Gasteiger partial charge in [-0.15, -0.1) is 0 Å². The fourth-order valence-electron chi connectivity index (χ4n) is 1.52. The zero-order valence-corrected chi connectivity index (χ0v) is 10.4. The molecule has 0 saturated heterocycles. The van der Waals surface area contributed by atoms with Crippen LogP contribution in [0.5, 0.6) is 0 Å². The van der Waals surface area contributed by atoms with Crippen molar-refractivity contribution < 1.29 is 26.8 Å². The van der Waals surface area contributed by atoms with Crippen LogP contribution in [0.1, 0.15) is 11.1 Å². The quantitative estimate of drug-likeness (QED) is 0.276. The Balaban J connectivity index is 2.13. The molecule has 0 saturated carbocycles. The number of benzene rings is 2. The van der Waals surface area contributed by atoms with Crippen molar-refractivity contribution in [3.05, 3.63) is 70.5 Å². The third-order valence-corrected chi connectivity index (χ3v) is 2.59. The van der Waals surface area contributed by atoms with Gasteiger partial charge in [0.2, 0.25) is 5.82 Å². The minimum absolute atomic E-state index is 0.648. The second-order valence-electron chi connectivity index (χ2n) is 3.97. The molecule has 0 spiro atoms. The summed E-state index contributed by atoms with van der Waals surface area (Å²) in [6, 6.07) is 8.60. The monoisotopic (exact) mass is 301 g/mol. The van der Waals surface area contributed by atoms with Gasteiger partial charge in [0.15, 0.2) is 23.3 Å². The Labute approximate surface area is 116 Å². The molecule has 2 nitrogen and oxygen atoms in total. The fourth-order valence-corrected chi connectivity index (χ4v) is 1.52. The number of oxime groups is 1. The highest BCUT2D eigenvalue weighted by molar-refractivity contribution is 5.78. The number of halogens is 5. The molecule has 2 aromatic carbocycles. The third kappa shape index (κ3) is 3.18. The Morgan fingerprint density at radius 3 is 1.90 bits per heavy atom. The average Bonchev–Trinajstić information content (AvgIpc) is 2.51. The van der Waals surface area contributed by atoms with Crippen molar-refractivity contribution in [2.75, 3.05) is 0 Å². The summed E-state index contributed by atoms with van der Waals surface area (Å²) in [7, 11) is 0. The molecule has 0 unspecified atom stereocenters. The average molecular weight is 301 g/mol. The van der Waals surface area contributed by atoms with E-state index < -0.39 is 41.3 Å². The van der Waals surface area contributed by atoms with E-state index in [2.05, 4.69) is 9.99 Å². The molecule has 0 N–H and O–H groups in total. The summed E-state index contributed by atoms with van der Waals surface area (Å²) in [5.41, 5.74) is -0.425. The van der Waals surface area contributed by atoms with Gasteiger partial charge in [0, 0.05) is 0 Å². The molecule has 0 amide bonds. The highest BCUT2D eigenvalue weighted by Gasteiger charge is 2.25. The molecular weight excluding hydrogens is 293 g/mol. The van der Waals surface area contributed by atoms with Crippen LogP contribution in [-0.2, 0) is 11.4 Å². The molecule has 110 valence electrons. The van der Waals surface area contributed by atoms with Gasteiger partial charge in [0.05, 0.1) is 11.8 Å². The van der Waals surface area contributed by atoms with Crippen molar-refractivity contribution in [2.45, 2.75) is 6.61 Å². The molecule has 0 atom stereocenters. The minimum atomic E-state index is -2.21. The summed E-state index contributed by atoms with van der Waals surface area (Å²) < 4.78 is 65.3. The van der Waals surface area contributed by atoms with E-state index in [0.717, 1.165) is 0 Å². The normalized spacial score (nSPS) is 11.1. The second kappa shape index (κ2) is 6.34. The molecule has 0 aliphatic rings. The largest absolute Gasteiger partial charge is 0.391 e. The molecule has 0 aliphatic carbocycles. The van der Waals surface area contributed by atoms with Gasteiger partial charge in [0.25, 0.3) is 0 Å². The maximum Gasteiger partial charge on any atom is 0.200 e. The number of hydrogen-bond donors (Lipinski definition) is 0. The lowest BCUT2D eigenvalue weighted by Crippen LogP contribution is -2.07. The number of hydrogen-bond acceptors (Lipinski definition) is 2. The maximum atomic E-state index is 13.3. The van der Waals surface area contributed by atoms with Gasteiger partial charge < -0.3 is 4.84 Å². The first-order chi connectivity index (χ1) is 10.0. The SMILES string of the molecule is Fc1c(F)c(F)c(CO/N=C/c2ccccc2)c(F)c1F. The first kappa shape index (κ1) is 15.0. The molecule has 7 heteroatoms. The summed E-state index contributed by atoms with van der Waals surface area (Å²) in [6.07, 6.45) is 1.24. The smallest absolute Gasteiger partial charge is 0.200 e. The van der Waals surface area contributed by atoms with Crippen molar-refractivity contribution in [1.29, 1.82) is 0 Å². The fraction of sp³-hybridized carbons (Fsp3) is 0.0714. The van der Waals surface area contributed by atoms with E-state index in [1.165, 1.54) is 6.21 Å². The van der Waals surface area contributed by atoms with Gasteiger partial charge in [-0.05, 0) is 5.56 Å². The first-order valence-corrected chi connectivity index (χ1v) is 5.73. The van der Waals surface area contributed by atoms with Crippen LogP contribution in [-0.4, -0.2) is 6.21 Å². The van der Waals surface area contributed by atoms with Crippen molar-refractivity contribution in [3.8, 4) is 0 Å². The minimum Gasteiger partial charge on any atom is -0.391 e. The summed E-state index contributed by atoms with van der Waals surface area (Å²) in [5.74, 6) is -10.1. The molecule has 0 bridgehead atoms. The Bertz CT molecular complexity index is 644.